The molecule has 0 radical (unpaired) electrons. The van der Waals surface area contributed by atoms with Crippen molar-refractivity contribution >= 4 is 22.6 Å². The van der Waals surface area contributed by atoms with E-state index in [2.05, 4.69) is 10.3 Å². The zero-order valence-corrected chi connectivity index (χ0v) is 15.5. The Morgan fingerprint density at radius 1 is 1.11 bits per heavy atom. The molecule has 7 heteroatoms. The Morgan fingerprint density at radius 3 is 2.75 bits per heavy atom. The van der Waals surface area contributed by atoms with E-state index in [1.807, 2.05) is 63.1 Å². The molecule has 5 rings (SSSR count). The van der Waals surface area contributed by atoms with E-state index in [1.54, 1.807) is 0 Å². The van der Waals surface area contributed by atoms with Gasteiger partial charge in [0.2, 0.25) is 5.91 Å². The topological polar surface area (TPSA) is 71.3 Å². The van der Waals surface area contributed by atoms with Gasteiger partial charge in [-0.25, -0.2) is 4.68 Å². The number of amides is 2. The smallest absolute Gasteiger partial charge is 0.254 e. The van der Waals surface area contributed by atoms with Gasteiger partial charge in [0.25, 0.3) is 5.91 Å². The lowest BCUT2D eigenvalue weighted by Crippen LogP contribution is -2.50. The predicted octanol–water partition coefficient (Wildman–Crippen LogP) is 2.25. The molecule has 1 aromatic heterocycles. The first-order valence-corrected chi connectivity index (χ1v) is 9.64. The van der Waals surface area contributed by atoms with Crippen LogP contribution >= 0.6 is 0 Å². The number of carbonyl (C=O) groups excluding carboxylic acids is 2. The second-order valence-corrected chi connectivity index (χ2v) is 7.50. The van der Waals surface area contributed by atoms with Gasteiger partial charge in [-0.3, -0.25) is 9.59 Å². The lowest BCUT2D eigenvalue weighted by molar-refractivity contribution is -0.128. The largest absolute Gasteiger partial charge is 0.337 e. The van der Waals surface area contributed by atoms with Crippen LogP contribution in [-0.4, -0.2) is 56.2 Å². The Bertz CT molecular complexity index is 1050. The summed E-state index contributed by atoms with van der Waals surface area (Å²) < 4.78 is 1.82. The quantitative estimate of drug-likeness (QED) is 0.701. The van der Waals surface area contributed by atoms with Gasteiger partial charge in [0.15, 0.2) is 0 Å². The second kappa shape index (κ2) is 6.74. The molecule has 0 unspecified atom stereocenters. The van der Waals surface area contributed by atoms with E-state index in [-0.39, 0.29) is 17.9 Å². The molecule has 0 saturated carbocycles. The molecule has 3 aromatic rings. The van der Waals surface area contributed by atoms with Gasteiger partial charge in [-0.15, -0.1) is 5.10 Å². The van der Waals surface area contributed by atoms with Crippen molar-refractivity contribution < 1.29 is 9.59 Å². The molecule has 7 nitrogen and oxygen atoms in total. The van der Waals surface area contributed by atoms with Crippen molar-refractivity contribution in [3.8, 4) is 0 Å². The summed E-state index contributed by atoms with van der Waals surface area (Å²) in [6, 6.07) is 13.9. The Hall–Kier alpha value is -3.22. The Labute approximate surface area is 162 Å². The van der Waals surface area contributed by atoms with Crippen molar-refractivity contribution in [2.45, 2.75) is 25.4 Å². The van der Waals surface area contributed by atoms with Crippen LogP contribution < -0.4 is 0 Å². The Morgan fingerprint density at radius 2 is 1.93 bits per heavy atom. The van der Waals surface area contributed by atoms with E-state index >= 15 is 0 Å². The van der Waals surface area contributed by atoms with Crippen LogP contribution in [0.15, 0.2) is 48.7 Å². The minimum atomic E-state index is 0.0519. The highest BCUT2D eigenvalue weighted by atomic mass is 16.2. The summed E-state index contributed by atoms with van der Waals surface area (Å²) in [5.74, 6) is 0.237. The number of benzene rings is 2. The summed E-state index contributed by atoms with van der Waals surface area (Å²) in [6.07, 6.45) is 3.44. The molecule has 3 heterocycles. The third-order valence-electron chi connectivity index (χ3n) is 5.63. The molecule has 0 N–H and O–H groups in total. The fourth-order valence-corrected chi connectivity index (χ4v) is 4.00. The molecule has 0 bridgehead atoms. The summed E-state index contributed by atoms with van der Waals surface area (Å²) in [4.78, 5) is 28.4. The summed E-state index contributed by atoms with van der Waals surface area (Å²) in [5, 5.41) is 10.5. The van der Waals surface area contributed by atoms with Crippen LogP contribution in [0.3, 0.4) is 0 Å². The van der Waals surface area contributed by atoms with Crippen LogP contribution in [0.4, 0.5) is 0 Å². The van der Waals surface area contributed by atoms with Crippen molar-refractivity contribution in [1.29, 1.82) is 0 Å². The first-order chi connectivity index (χ1) is 13.7. The van der Waals surface area contributed by atoms with Crippen LogP contribution in [0.1, 0.15) is 34.9 Å². The summed E-state index contributed by atoms with van der Waals surface area (Å²) in [7, 11) is 0. The van der Waals surface area contributed by atoms with Gasteiger partial charge in [-0.2, -0.15) is 0 Å². The molecule has 2 fully saturated rings. The van der Waals surface area contributed by atoms with Crippen LogP contribution in [-0.2, 0) is 11.3 Å². The highest BCUT2D eigenvalue weighted by molar-refractivity contribution is 6.07. The van der Waals surface area contributed by atoms with E-state index in [9.17, 15) is 9.59 Å². The fraction of sp³-hybridized carbons (Fsp3) is 0.333. The molecule has 2 amide bonds. The van der Waals surface area contributed by atoms with Crippen molar-refractivity contribution in [1.82, 2.24) is 24.8 Å². The van der Waals surface area contributed by atoms with Crippen molar-refractivity contribution in [3.63, 3.8) is 0 Å². The SMILES string of the molecule is O=C1CCCN1Cc1cn(C2CN(C(=O)c3cccc4ccccc34)C2)nn1. The number of aromatic nitrogens is 3. The third kappa shape index (κ3) is 2.93. The van der Waals surface area contributed by atoms with Crippen LogP contribution in [0.5, 0.6) is 0 Å². The summed E-state index contributed by atoms with van der Waals surface area (Å²) in [5.41, 5.74) is 1.54. The fourth-order valence-electron chi connectivity index (χ4n) is 4.00. The van der Waals surface area contributed by atoms with Gasteiger partial charge in [0.05, 0.1) is 18.8 Å². The predicted molar refractivity (Wildman–Crippen MR) is 104 cm³/mol. The number of hydrogen-bond donors (Lipinski definition) is 0. The molecule has 0 spiro atoms. The molecule has 0 atom stereocenters. The lowest BCUT2D eigenvalue weighted by Gasteiger charge is -2.39. The third-order valence-corrected chi connectivity index (χ3v) is 5.63. The van der Waals surface area contributed by atoms with E-state index in [1.165, 1.54) is 0 Å². The maximum Gasteiger partial charge on any atom is 0.254 e. The number of likely N-dealkylation sites (tertiary alicyclic amines) is 2. The zero-order valence-electron chi connectivity index (χ0n) is 15.5. The lowest BCUT2D eigenvalue weighted by atomic mass is 10.0. The maximum atomic E-state index is 12.9. The monoisotopic (exact) mass is 375 g/mol. The molecule has 142 valence electrons. The molecule has 2 aromatic carbocycles. The van der Waals surface area contributed by atoms with Gasteiger partial charge >= 0.3 is 0 Å². The molecular weight excluding hydrogens is 354 g/mol. The number of hydrogen-bond acceptors (Lipinski definition) is 4. The number of rotatable bonds is 4. The highest BCUT2D eigenvalue weighted by Gasteiger charge is 2.34. The number of fused-ring (bicyclic) bond motifs is 1. The first-order valence-electron chi connectivity index (χ1n) is 9.64. The average molecular weight is 375 g/mol. The average Bonchev–Trinajstić information content (AvgIpc) is 3.30. The molecule has 2 saturated heterocycles. The standard InChI is InChI=1S/C21H21N5O2/c27-20-9-4-10-24(20)11-16-12-26(23-22-16)17-13-25(14-17)21(28)19-8-3-6-15-5-1-2-7-18(15)19/h1-3,5-8,12,17H,4,9-11,13-14H2. The molecule has 28 heavy (non-hydrogen) atoms. The summed E-state index contributed by atoms with van der Waals surface area (Å²) in [6.45, 7) is 2.55. The van der Waals surface area contributed by atoms with Gasteiger partial charge in [0, 0.05) is 31.6 Å². The normalized spacial score (nSPS) is 17.4. The first kappa shape index (κ1) is 16.9. The van der Waals surface area contributed by atoms with Gasteiger partial charge in [0.1, 0.15) is 5.69 Å². The van der Waals surface area contributed by atoms with Gasteiger partial charge in [-0.05, 0) is 23.3 Å². The Kier molecular flexibility index (Phi) is 4.07. The second-order valence-electron chi connectivity index (χ2n) is 7.50. The van der Waals surface area contributed by atoms with Crippen LogP contribution in [0, 0.1) is 0 Å². The highest BCUT2D eigenvalue weighted by Crippen LogP contribution is 2.26. The van der Waals surface area contributed by atoms with Gasteiger partial charge < -0.3 is 9.80 Å². The molecule has 2 aliphatic rings. The van der Waals surface area contributed by atoms with E-state index in [0.29, 0.717) is 26.1 Å². The van der Waals surface area contributed by atoms with Crippen molar-refractivity contribution in [2.24, 2.45) is 0 Å². The molecule has 0 aliphatic carbocycles. The summed E-state index contributed by atoms with van der Waals surface area (Å²) >= 11 is 0. The minimum Gasteiger partial charge on any atom is -0.337 e. The van der Waals surface area contributed by atoms with Crippen LogP contribution in [0.2, 0.25) is 0 Å². The van der Waals surface area contributed by atoms with Crippen LogP contribution in [0.25, 0.3) is 10.8 Å². The molecule has 2 aliphatic heterocycles. The van der Waals surface area contributed by atoms with E-state index in [4.69, 9.17) is 0 Å². The van der Waals surface area contributed by atoms with Crippen molar-refractivity contribution in [3.05, 3.63) is 59.9 Å². The molecular formula is C21H21N5O2. The maximum absolute atomic E-state index is 12.9. The van der Waals surface area contributed by atoms with Gasteiger partial charge in [-0.1, -0.05) is 41.6 Å². The van der Waals surface area contributed by atoms with E-state index < -0.39 is 0 Å². The minimum absolute atomic E-state index is 0.0519. The number of carbonyl (C=O) groups is 2. The number of nitrogens with zero attached hydrogens (tertiary/aromatic N) is 5. The van der Waals surface area contributed by atoms with E-state index in [0.717, 1.165) is 35.0 Å². The van der Waals surface area contributed by atoms with Crippen molar-refractivity contribution in [2.75, 3.05) is 19.6 Å². The zero-order chi connectivity index (χ0) is 19.1. The Balaban J connectivity index is 1.25.